The van der Waals surface area contributed by atoms with Gasteiger partial charge in [0.05, 0.1) is 35.9 Å². The summed E-state index contributed by atoms with van der Waals surface area (Å²) in [4.78, 5) is 55.3. The number of nitrogens with one attached hydrogen (secondary N) is 1. The number of rotatable bonds is 7. The van der Waals surface area contributed by atoms with Crippen molar-refractivity contribution in [3.63, 3.8) is 0 Å². The van der Waals surface area contributed by atoms with Gasteiger partial charge in [-0.1, -0.05) is 26.8 Å². The van der Waals surface area contributed by atoms with E-state index in [4.69, 9.17) is 5.73 Å². The van der Waals surface area contributed by atoms with Gasteiger partial charge in [0.15, 0.2) is 17.1 Å². The molecule has 0 aromatic heterocycles. The molecule has 3 aliphatic rings. The summed E-state index contributed by atoms with van der Waals surface area (Å²) < 4.78 is 0. The van der Waals surface area contributed by atoms with Gasteiger partial charge in [0.25, 0.3) is 5.91 Å². The number of likely N-dealkylation sites (N-methyl/N-ethyl adjacent to an activating group) is 2. The average Bonchev–Trinajstić information content (AvgIpc) is 2.90. The number of phenols is 1. The molecule has 0 fully saturated rings. The van der Waals surface area contributed by atoms with Gasteiger partial charge in [0, 0.05) is 11.5 Å². The number of amides is 2. The fourth-order valence-electron chi connectivity index (χ4n) is 6.56. The fourth-order valence-corrected chi connectivity index (χ4v) is 6.56. The molecule has 13 heteroatoms. The van der Waals surface area contributed by atoms with Crippen molar-refractivity contribution in [2.24, 2.45) is 17.6 Å². The summed E-state index contributed by atoms with van der Waals surface area (Å²) in [5.74, 6) is -10.2. The van der Waals surface area contributed by atoms with Crippen molar-refractivity contribution in [2.75, 3.05) is 39.0 Å². The predicted molar refractivity (Wildman–Crippen MR) is 146 cm³/mol. The van der Waals surface area contributed by atoms with Crippen LogP contribution in [0.5, 0.6) is 5.75 Å². The molecule has 41 heavy (non-hydrogen) atoms. The number of aliphatic hydroxyl groups is 4. The van der Waals surface area contributed by atoms with Gasteiger partial charge in [0.1, 0.15) is 17.1 Å². The molecule has 0 bridgehead atoms. The third kappa shape index (κ3) is 4.31. The smallest absolute Gasteiger partial charge is 0.255 e. The quantitative estimate of drug-likeness (QED) is 0.170. The lowest BCUT2D eigenvalue weighted by atomic mass is 9.55. The first kappa shape index (κ1) is 30.2. The molecule has 0 saturated carbocycles. The number of anilines is 1. The van der Waals surface area contributed by atoms with Gasteiger partial charge in [-0.25, -0.2) is 0 Å². The van der Waals surface area contributed by atoms with Crippen molar-refractivity contribution in [2.45, 2.75) is 44.4 Å². The number of ketones is 2. The molecule has 2 amide bonds. The topological polar surface area (TPSA) is 214 Å². The Morgan fingerprint density at radius 1 is 1.10 bits per heavy atom. The van der Waals surface area contributed by atoms with E-state index in [9.17, 15) is 44.7 Å². The van der Waals surface area contributed by atoms with Crippen molar-refractivity contribution in [3.05, 3.63) is 45.9 Å². The highest BCUT2D eigenvalue weighted by molar-refractivity contribution is 6.25. The summed E-state index contributed by atoms with van der Waals surface area (Å²) in [7, 11) is 2.94. The number of benzene rings is 1. The normalized spacial score (nSPS) is 29.4. The first-order valence-electron chi connectivity index (χ1n) is 13.4. The fraction of sp³-hybridized carbons (Fsp3) is 0.500. The molecule has 13 nitrogen and oxygen atoms in total. The molecule has 0 saturated heterocycles. The minimum atomic E-state index is -2.99. The molecule has 6 atom stereocenters. The van der Waals surface area contributed by atoms with E-state index in [1.54, 1.807) is 6.92 Å². The van der Waals surface area contributed by atoms with E-state index < -0.39 is 87.3 Å². The molecule has 222 valence electrons. The lowest BCUT2D eigenvalue weighted by Crippen LogP contribution is -2.68. The number of aliphatic hydroxyl groups excluding tert-OH is 3. The van der Waals surface area contributed by atoms with Crippen molar-refractivity contribution in [3.8, 4) is 5.75 Å². The van der Waals surface area contributed by atoms with Crippen LogP contribution in [0, 0.1) is 11.8 Å². The maximum atomic E-state index is 13.9. The summed E-state index contributed by atoms with van der Waals surface area (Å²) in [5.41, 5.74) is 0.842. The van der Waals surface area contributed by atoms with Gasteiger partial charge in [-0.2, -0.15) is 0 Å². The number of carbonyl (C=O) groups excluding carboxylic acids is 4. The van der Waals surface area contributed by atoms with Crippen LogP contribution in [-0.2, 0) is 14.4 Å². The Morgan fingerprint density at radius 3 is 2.24 bits per heavy atom. The first-order valence-corrected chi connectivity index (χ1v) is 13.4. The largest absolute Gasteiger partial charge is 0.510 e. The molecular weight excluding hydrogens is 536 g/mol. The summed E-state index contributed by atoms with van der Waals surface area (Å²) in [5, 5.41) is 59.4. The Labute approximate surface area is 236 Å². The van der Waals surface area contributed by atoms with Crippen LogP contribution in [0.4, 0.5) is 5.69 Å². The van der Waals surface area contributed by atoms with Crippen LogP contribution in [0.3, 0.4) is 0 Å². The lowest BCUT2D eigenvalue weighted by molar-refractivity contribution is -0.162. The first-order chi connectivity index (χ1) is 19.1. The van der Waals surface area contributed by atoms with E-state index in [2.05, 4.69) is 5.32 Å². The van der Waals surface area contributed by atoms with Crippen LogP contribution < -0.4 is 11.1 Å². The maximum absolute atomic E-state index is 13.9. The van der Waals surface area contributed by atoms with Crippen LogP contribution in [0.1, 0.15) is 42.6 Å². The van der Waals surface area contributed by atoms with Crippen molar-refractivity contribution in [1.82, 2.24) is 9.80 Å². The number of nitrogens with two attached hydrogens (primary N) is 1. The summed E-state index contributed by atoms with van der Waals surface area (Å²) >= 11 is 0. The number of carbonyl (C=O) groups is 4. The molecule has 0 spiro atoms. The highest BCUT2D eigenvalue weighted by atomic mass is 16.4. The second-order valence-corrected chi connectivity index (χ2v) is 11.0. The second kappa shape index (κ2) is 10.6. The van der Waals surface area contributed by atoms with Crippen molar-refractivity contribution in [1.29, 1.82) is 0 Å². The number of nitrogens with zero attached hydrogens (tertiary/aromatic N) is 2. The molecular formula is C28H36N4O9. The summed E-state index contributed by atoms with van der Waals surface area (Å²) in [6.07, 6.45) is -1.68. The van der Waals surface area contributed by atoms with E-state index in [1.807, 2.05) is 18.7 Å². The molecule has 1 aromatic carbocycles. The Bertz CT molecular complexity index is 1400. The number of fused-ring (bicyclic) bond motifs is 3. The zero-order valence-corrected chi connectivity index (χ0v) is 23.5. The average molecular weight is 573 g/mol. The van der Waals surface area contributed by atoms with Crippen molar-refractivity contribution >= 4 is 29.1 Å². The van der Waals surface area contributed by atoms with Gasteiger partial charge in [-0.05, 0) is 44.7 Å². The molecule has 8 N–H and O–H groups in total. The highest BCUT2D eigenvalue weighted by Crippen LogP contribution is 2.56. The van der Waals surface area contributed by atoms with Crippen LogP contribution in [0.15, 0.2) is 34.8 Å². The van der Waals surface area contributed by atoms with Gasteiger partial charge < -0.3 is 36.6 Å². The lowest BCUT2D eigenvalue weighted by Gasteiger charge is -2.53. The number of phenolic OH excluding ortho intramolecular Hbond substituents is 1. The van der Waals surface area contributed by atoms with Crippen LogP contribution >= 0.6 is 0 Å². The van der Waals surface area contributed by atoms with Crippen LogP contribution in [-0.4, -0.2) is 110 Å². The van der Waals surface area contributed by atoms with E-state index in [0.29, 0.717) is 18.7 Å². The third-order valence-electron chi connectivity index (χ3n) is 8.67. The highest BCUT2D eigenvalue weighted by Gasteiger charge is 2.67. The minimum Gasteiger partial charge on any atom is -0.510 e. The molecule has 3 aliphatic carbocycles. The van der Waals surface area contributed by atoms with Gasteiger partial charge in [-0.15, -0.1) is 0 Å². The molecule has 0 radical (unpaired) electrons. The molecule has 1 aromatic rings. The van der Waals surface area contributed by atoms with E-state index >= 15 is 0 Å². The summed E-state index contributed by atoms with van der Waals surface area (Å²) in [6, 6.07) is 1.61. The SMILES string of the molecule is CCN(CC)CC(=O)Nc1ccc2c(c1O)C(=O)C1=C(O)C3(O)C(=O)C(C(N)=O)=C(O)[C@@H](N(C)C)C3C(O)C1C2C. The Hall–Kier alpha value is -3.78. The van der Waals surface area contributed by atoms with Crippen LogP contribution in [0.2, 0.25) is 0 Å². The van der Waals surface area contributed by atoms with E-state index in [0.717, 1.165) is 0 Å². The monoisotopic (exact) mass is 572 g/mol. The number of aromatic hydroxyl groups is 1. The van der Waals surface area contributed by atoms with Crippen LogP contribution in [0.25, 0.3) is 0 Å². The Balaban J connectivity index is 1.88. The van der Waals surface area contributed by atoms with Gasteiger partial charge in [-0.3, -0.25) is 29.0 Å². The Morgan fingerprint density at radius 2 is 1.71 bits per heavy atom. The molecule has 0 heterocycles. The maximum Gasteiger partial charge on any atom is 0.255 e. The molecule has 4 rings (SSSR count). The number of hydrogen-bond donors (Lipinski definition) is 7. The number of hydrogen-bond acceptors (Lipinski definition) is 11. The third-order valence-corrected chi connectivity index (χ3v) is 8.67. The molecule has 5 unspecified atom stereocenters. The van der Waals surface area contributed by atoms with Gasteiger partial charge in [0.2, 0.25) is 11.7 Å². The van der Waals surface area contributed by atoms with E-state index in [1.165, 1.54) is 31.1 Å². The second-order valence-electron chi connectivity index (χ2n) is 11.0. The molecule has 0 aliphatic heterocycles. The zero-order valence-electron chi connectivity index (χ0n) is 23.5. The van der Waals surface area contributed by atoms with E-state index in [-0.39, 0.29) is 17.8 Å². The number of Topliss-reactive ketones (excluding diaryl/α,β-unsaturated/α-hetero) is 2. The zero-order chi connectivity index (χ0) is 30.7. The van der Waals surface area contributed by atoms with Crippen molar-refractivity contribution < 1.29 is 44.7 Å². The minimum absolute atomic E-state index is 0.0419. The standard InChI is InChI=1S/C28H36N4O9/c1-6-32(7-2)10-14(33)30-13-9-8-12-11(3)15-17(22(35)16(12)21(13)34)25(38)28(41)19(23(15)36)20(31(4)5)24(37)18(26(28)39)27(29)40/h8-9,11,15,19-20,23,34,36-38,41H,6-7,10H2,1-5H3,(H2,29,40)(H,30,33)/t11?,15?,19?,20-,23?,28?/m0/s1. The van der Waals surface area contributed by atoms with Gasteiger partial charge >= 0.3 is 0 Å². The number of primary amides is 1. The Kier molecular flexibility index (Phi) is 7.78. The summed E-state index contributed by atoms with van der Waals surface area (Å²) in [6.45, 7) is 6.70. The predicted octanol–water partition coefficient (Wildman–Crippen LogP) is -0.0673.